The third-order valence-electron chi connectivity index (χ3n) is 6.06. The Kier molecular flexibility index (Phi) is 5.57. The molecule has 0 saturated carbocycles. The number of aromatic nitrogens is 1. The minimum absolute atomic E-state index is 0.0573. The van der Waals surface area contributed by atoms with Gasteiger partial charge in [0.15, 0.2) is 5.84 Å². The van der Waals surface area contributed by atoms with E-state index in [2.05, 4.69) is 53.6 Å². The van der Waals surface area contributed by atoms with Crippen LogP contribution in [0.1, 0.15) is 33.6 Å². The molecule has 0 unspecified atom stereocenters. The number of aliphatic imine (C=N–C) groups is 1. The van der Waals surface area contributed by atoms with Gasteiger partial charge in [-0.25, -0.2) is 0 Å². The Hall–Kier alpha value is -3.71. The van der Waals surface area contributed by atoms with Crippen molar-refractivity contribution in [3.05, 3.63) is 93.8 Å². The molecule has 0 aliphatic carbocycles. The molecule has 34 heavy (non-hydrogen) atoms. The van der Waals surface area contributed by atoms with E-state index >= 15 is 0 Å². The minimum atomic E-state index is -0.406. The van der Waals surface area contributed by atoms with E-state index in [0.29, 0.717) is 11.6 Å². The summed E-state index contributed by atoms with van der Waals surface area (Å²) in [6, 6.07) is 18.5. The van der Waals surface area contributed by atoms with Crippen LogP contribution in [-0.4, -0.2) is 31.5 Å². The zero-order chi connectivity index (χ0) is 24.0. The molecular weight excluding hydrogens is 442 g/mol. The molecule has 170 valence electrons. The van der Waals surface area contributed by atoms with Gasteiger partial charge in [0.25, 0.3) is 5.91 Å². The predicted molar refractivity (Wildman–Crippen MR) is 140 cm³/mol. The molecule has 0 bridgehead atoms. The first-order valence-electron chi connectivity index (χ1n) is 11.1. The van der Waals surface area contributed by atoms with Gasteiger partial charge in [-0.15, -0.1) is 0 Å². The van der Waals surface area contributed by atoms with Crippen LogP contribution in [0.5, 0.6) is 0 Å². The molecule has 0 atom stereocenters. The van der Waals surface area contributed by atoms with Crippen molar-refractivity contribution in [2.24, 2.45) is 10.1 Å². The smallest absolute Gasteiger partial charge is 0.283 e. The highest BCUT2D eigenvalue weighted by atomic mass is 32.2. The number of fused-ring (bicyclic) bond motifs is 1. The third-order valence-corrected chi connectivity index (χ3v) is 6.97. The largest absolute Gasteiger partial charge is 0.318 e. The van der Waals surface area contributed by atoms with Gasteiger partial charge in [0.1, 0.15) is 5.04 Å². The number of thioether (sulfide) groups is 1. The highest BCUT2D eigenvalue weighted by molar-refractivity contribution is 8.26. The van der Waals surface area contributed by atoms with Gasteiger partial charge in [0.05, 0.1) is 5.57 Å². The monoisotopic (exact) mass is 467 g/mol. The summed E-state index contributed by atoms with van der Waals surface area (Å²) in [5.41, 5.74) is 7.86. The number of nitrogens with one attached hydrogen (secondary N) is 1. The van der Waals surface area contributed by atoms with Crippen molar-refractivity contribution in [3.8, 4) is 5.69 Å². The molecule has 2 aliphatic rings. The molecule has 2 aromatic carbocycles. The van der Waals surface area contributed by atoms with Crippen LogP contribution >= 0.6 is 11.8 Å². The number of carbonyl (C=O) groups excluding carboxylic acids is 1. The summed E-state index contributed by atoms with van der Waals surface area (Å²) in [6.07, 6.45) is 2.40. The van der Waals surface area contributed by atoms with Gasteiger partial charge in [0.2, 0.25) is 5.17 Å². The van der Waals surface area contributed by atoms with Crippen LogP contribution in [-0.2, 0) is 11.2 Å². The average molecular weight is 468 g/mol. The van der Waals surface area contributed by atoms with Crippen molar-refractivity contribution in [1.82, 2.24) is 9.58 Å². The van der Waals surface area contributed by atoms with E-state index < -0.39 is 5.91 Å². The van der Waals surface area contributed by atoms with Gasteiger partial charge in [0, 0.05) is 23.5 Å². The van der Waals surface area contributed by atoms with Gasteiger partial charge in [-0.05, 0) is 74.4 Å². The lowest BCUT2D eigenvalue weighted by molar-refractivity contribution is -0.114. The number of benzene rings is 2. The van der Waals surface area contributed by atoms with E-state index in [1.807, 2.05) is 43.3 Å². The van der Waals surface area contributed by atoms with Crippen LogP contribution in [0.4, 0.5) is 0 Å². The second-order valence-corrected chi connectivity index (χ2v) is 9.67. The first-order chi connectivity index (χ1) is 16.3. The molecule has 0 fully saturated rings. The number of aryl methyl sites for hydroxylation is 3. The Balaban J connectivity index is 1.47. The summed E-state index contributed by atoms with van der Waals surface area (Å²) in [5.74, 6) is -0.349. The van der Waals surface area contributed by atoms with E-state index in [4.69, 9.17) is 5.41 Å². The van der Waals surface area contributed by atoms with Crippen LogP contribution < -0.4 is 0 Å². The maximum atomic E-state index is 12.9. The molecule has 6 nitrogen and oxygen atoms in total. The molecular formula is C27H25N5OS. The summed E-state index contributed by atoms with van der Waals surface area (Å²) < 4.78 is 2.19. The highest BCUT2D eigenvalue weighted by Crippen LogP contribution is 2.31. The van der Waals surface area contributed by atoms with Crippen LogP contribution in [0.25, 0.3) is 11.8 Å². The number of amidine groups is 2. The average Bonchev–Trinajstić information content (AvgIpc) is 3.32. The van der Waals surface area contributed by atoms with Gasteiger partial charge in [-0.2, -0.15) is 15.1 Å². The van der Waals surface area contributed by atoms with E-state index in [9.17, 15) is 4.79 Å². The first-order valence-corrected chi connectivity index (χ1v) is 11.9. The molecule has 3 heterocycles. The van der Waals surface area contributed by atoms with Crippen molar-refractivity contribution in [3.63, 3.8) is 0 Å². The molecule has 1 aromatic heterocycles. The summed E-state index contributed by atoms with van der Waals surface area (Å²) in [6.45, 7) is 8.27. The predicted octanol–water partition coefficient (Wildman–Crippen LogP) is 5.57. The molecule has 2 aliphatic heterocycles. The van der Waals surface area contributed by atoms with Crippen LogP contribution in [0.2, 0.25) is 0 Å². The lowest BCUT2D eigenvalue weighted by atomic mass is 10.1. The Bertz CT molecular complexity index is 1430. The number of nitrogens with zero attached hydrogens (tertiary/aromatic N) is 4. The molecule has 3 aromatic rings. The Morgan fingerprint density at radius 2 is 1.79 bits per heavy atom. The number of hydrogen-bond donors (Lipinski definition) is 1. The molecule has 7 heteroatoms. The lowest BCUT2D eigenvalue weighted by Gasteiger charge is -2.20. The maximum absolute atomic E-state index is 12.9. The first kappa shape index (κ1) is 22.1. The van der Waals surface area contributed by atoms with Crippen LogP contribution in [0.3, 0.4) is 0 Å². The topological polar surface area (TPSA) is 73.8 Å². The quantitative estimate of drug-likeness (QED) is 0.510. The van der Waals surface area contributed by atoms with Crippen molar-refractivity contribution < 1.29 is 4.79 Å². The molecule has 1 N–H and O–H groups in total. The standard InChI is InChI=1S/C27H25N5OS/c1-16-10-11-23(17(2)12-16)31-18(3)13-21(19(31)4)15-22-25(28)32-27(29-26(22)33)34-24(30-32)14-20-8-6-5-7-9-20/h5-13,15,28H,14H2,1-4H3. The second kappa shape index (κ2) is 8.57. The molecule has 0 spiro atoms. The van der Waals surface area contributed by atoms with Crippen molar-refractivity contribution in [1.29, 1.82) is 5.41 Å². The van der Waals surface area contributed by atoms with Crippen molar-refractivity contribution >= 4 is 39.8 Å². The number of hydrazone groups is 1. The second-order valence-electron chi connectivity index (χ2n) is 8.63. The summed E-state index contributed by atoms with van der Waals surface area (Å²) in [7, 11) is 0. The Labute approximate surface area is 203 Å². The normalized spacial score (nSPS) is 16.7. The summed E-state index contributed by atoms with van der Waals surface area (Å²) >= 11 is 1.35. The van der Waals surface area contributed by atoms with Gasteiger partial charge in [-0.1, -0.05) is 48.0 Å². The fourth-order valence-corrected chi connectivity index (χ4v) is 5.31. The maximum Gasteiger partial charge on any atom is 0.283 e. The molecule has 5 rings (SSSR count). The Morgan fingerprint density at radius 1 is 1.03 bits per heavy atom. The van der Waals surface area contributed by atoms with Crippen LogP contribution in [0.15, 0.2) is 70.3 Å². The van der Waals surface area contributed by atoms with Crippen LogP contribution in [0, 0.1) is 33.1 Å². The fourth-order valence-electron chi connectivity index (χ4n) is 4.39. The molecule has 0 saturated heterocycles. The van der Waals surface area contributed by atoms with Crippen molar-refractivity contribution in [2.45, 2.75) is 34.1 Å². The van der Waals surface area contributed by atoms with E-state index in [0.717, 1.165) is 33.2 Å². The zero-order valence-electron chi connectivity index (χ0n) is 19.6. The van der Waals surface area contributed by atoms with Crippen molar-refractivity contribution in [2.75, 3.05) is 0 Å². The van der Waals surface area contributed by atoms with E-state index in [-0.39, 0.29) is 11.4 Å². The van der Waals surface area contributed by atoms with E-state index in [1.165, 1.54) is 27.9 Å². The number of hydrogen-bond acceptors (Lipinski definition) is 4. The third kappa shape index (κ3) is 3.92. The minimum Gasteiger partial charge on any atom is -0.318 e. The zero-order valence-corrected chi connectivity index (χ0v) is 20.4. The lowest BCUT2D eigenvalue weighted by Crippen LogP contribution is -2.35. The van der Waals surface area contributed by atoms with Gasteiger partial charge < -0.3 is 4.57 Å². The molecule has 1 amide bonds. The molecule has 0 radical (unpaired) electrons. The summed E-state index contributed by atoms with van der Waals surface area (Å²) in [5, 5.41) is 16.0. The van der Waals surface area contributed by atoms with Gasteiger partial charge >= 0.3 is 0 Å². The fraction of sp³-hybridized carbons (Fsp3) is 0.185. The Morgan fingerprint density at radius 3 is 2.53 bits per heavy atom. The van der Waals surface area contributed by atoms with E-state index in [1.54, 1.807) is 6.08 Å². The van der Waals surface area contributed by atoms with Gasteiger partial charge in [-0.3, -0.25) is 10.2 Å². The SMILES string of the molecule is Cc1ccc(-n2c(C)cc(C=C3C(=N)N4N=C(Cc5ccccc5)SC4=NC3=O)c2C)c(C)c1. The highest BCUT2D eigenvalue weighted by Gasteiger charge is 2.35. The number of carbonyl (C=O) groups is 1. The number of rotatable bonds is 4. The number of amides is 1. The summed E-state index contributed by atoms with van der Waals surface area (Å²) in [4.78, 5) is 17.1.